The zero-order valence-corrected chi connectivity index (χ0v) is 12.8. The molecular formula is C15H19N3OS. The minimum atomic E-state index is -0.0422. The fourth-order valence-corrected chi connectivity index (χ4v) is 2.64. The Morgan fingerprint density at radius 2 is 2.10 bits per heavy atom. The van der Waals surface area contributed by atoms with Gasteiger partial charge in [-0.25, -0.2) is 4.98 Å². The molecule has 0 fully saturated rings. The quantitative estimate of drug-likeness (QED) is 0.889. The summed E-state index contributed by atoms with van der Waals surface area (Å²) in [6, 6.07) is 7.83. The SMILES string of the molecule is Cc1csc(C(C)NCC(=O)Nc2ccccc2C)n1. The van der Waals surface area contributed by atoms with Gasteiger partial charge in [-0.2, -0.15) is 0 Å². The van der Waals surface area contributed by atoms with Crippen LogP contribution in [0.25, 0.3) is 0 Å². The Labute approximate surface area is 123 Å². The zero-order valence-electron chi connectivity index (χ0n) is 11.9. The van der Waals surface area contributed by atoms with Crippen molar-refractivity contribution in [2.24, 2.45) is 0 Å². The maximum absolute atomic E-state index is 11.9. The van der Waals surface area contributed by atoms with Gasteiger partial charge in [0.25, 0.3) is 0 Å². The van der Waals surface area contributed by atoms with Crippen LogP contribution in [0.1, 0.15) is 29.2 Å². The molecule has 5 heteroatoms. The van der Waals surface area contributed by atoms with E-state index in [0.29, 0.717) is 0 Å². The van der Waals surface area contributed by atoms with E-state index in [-0.39, 0.29) is 18.5 Å². The number of thiazole rings is 1. The summed E-state index contributed by atoms with van der Waals surface area (Å²) in [4.78, 5) is 16.3. The molecule has 20 heavy (non-hydrogen) atoms. The van der Waals surface area contributed by atoms with Crippen molar-refractivity contribution in [3.05, 3.63) is 45.9 Å². The summed E-state index contributed by atoms with van der Waals surface area (Å²) in [7, 11) is 0. The van der Waals surface area contributed by atoms with Gasteiger partial charge in [0.2, 0.25) is 5.91 Å². The molecule has 2 rings (SSSR count). The number of hydrogen-bond donors (Lipinski definition) is 2. The third kappa shape index (κ3) is 3.88. The van der Waals surface area contributed by atoms with E-state index in [1.165, 1.54) is 0 Å². The lowest BCUT2D eigenvalue weighted by Gasteiger charge is -2.12. The van der Waals surface area contributed by atoms with E-state index in [4.69, 9.17) is 0 Å². The highest BCUT2D eigenvalue weighted by Gasteiger charge is 2.11. The van der Waals surface area contributed by atoms with Gasteiger partial charge in [0.15, 0.2) is 0 Å². The minimum Gasteiger partial charge on any atom is -0.325 e. The Morgan fingerprint density at radius 1 is 1.35 bits per heavy atom. The van der Waals surface area contributed by atoms with Crippen molar-refractivity contribution in [2.75, 3.05) is 11.9 Å². The standard InChI is InChI=1S/C15H19N3OS/c1-10-6-4-5-7-13(10)18-14(19)8-16-12(3)15-17-11(2)9-20-15/h4-7,9,12,16H,8H2,1-3H3,(H,18,19). The maximum Gasteiger partial charge on any atom is 0.238 e. The number of anilines is 1. The van der Waals surface area contributed by atoms with Crippen LogP contribution in [0.3, 0.4) is 0 Å². The van der Waals surface area contributed by atoms with Gasteiger partial charge < -0.3 is 5.32 Å². The average Bonchev–Trinajstić information content (AvgIpc) is 2.85. The molecule has 0 bridgehead atoms. The predicted octanol–water partition coefficient (Wildman–Crippen LogP) is 3.05. The summed E-state index contributed by atoms with van der Waals surface area (Å²) < 4.78 is 0. The molecule has 0 saturated carbocycles. The van der Waals surface area contributed by atoms with Gasteiger partial charge in [-0.3, -0.25) is 10.1 Å². The van der Waals surface area contributed by atoms with E-state index in [2.05, 4.69) is 15.6 Å². The molecule has 0 saturated heterocycles. The highest BCUT2D eigenvalue weighted by molar-refractivity contribution is 7.09. The van der Waals surface area contributed by atoms with E-state index in [0.717, 1.165) is 22.0 Å². The second-order valence-electron chi connectivity index (χ2n) is 4.79. The highest BCUT2D eigenvalue weighted by atomic mass is 32.1. The van der Waals surface area contributed by atoms with Crippen molar-refractivity contribution in [2.45, 2.75) is 26.8 Å². The smallest absolute Gasteiger partial charge is 0.238 e. The Kier molecular flexibility index (Phi) is 4.87. The van der Waals surface area contributed by atoms with Crippen molar-refractivity contribution in [1.82, 2.24) is 10.3 Å². The Hall–Kier alpha value is -1.72. The molecule has 2 N–H and O–H groups in total. The molecular weight excluding hydrogens is 270 g/mol. The molecule has 2 aromatic rings. The molecule has 1 heterocycles. The largest absolute Gasteiger partial charge is 0.325 e. The summed E-state index contributed by atoms with van der Waals surface area (Å²) in [5.41, 5.74) is 2.93. The summed E-state index contributed by atoms with van der Waals surface area (Å²) in [6.07, 6.45) is 0. The number of carbonyl (C=O) groups excluding carboxylic acids is 1. The van der Waals surface area contributed by atoms with Crippen molar-refractivity contribution in [3.8, 4) is 0 Å². The molecule has 1 unspecified atom stereocenters. The third-order valence-corrected chi connectivity index (χ3v) is 4.14. The molecule has 1 amide bonds. The summed E-state index contributed by atoms with van der Waals surface area (Å²) >= 11 is 1.61. The summed E-state index contributed by atoms with van der Waals surface area (Å²) in [5, 5.41) is 9.11. The first-order valence-electron chi connectivity index (χ1n) is 6.57. The number of amides is 1. The first-order chi connectivity index (χ1) is 9.56. The highest BCUT2D eigenvalue weighted by Crippen LogP contribution is 2.17. The summed E-state index contributed by atoms with van der Waals surface area (Å²) in [6.45, 7) is 6.23. The molecule has 4 nitrogen and oxygen atoms in total. The van der Waals surface area contributed by atoms with Crippen molar-refractivity contribution >= 4 is 22.9 Å². The number of nitrogens with zero attached hydrogens (tertiary/aromatic N) is 1. The van der Waals surface area contributed by atoms with Gasteiger partial charge in [0, 0.05) is 16.8 Å². The van der Waals surface area contributed by atoms with E-state index in [9.17, 15) is 4.79 Å². The van der Waals surface area contributed by atoms with Crippen molar-refractivity contribution in [3.63, 3.8) is 0 Å². The van der Waals surface area contributed by atoms with Crippen molar-refractivity contribution in [1.29, 1.82) is 0 Å². The molecule has 0 aliphatic rings. The molecule has 0 aliphatic carbocycles. The second-order valence-corrected chi connectivity index (χ2v) is 5.68. The Bertz CT molecular complexity index is 594. The Morgan fingerprint density at radius 3 is 2.75 bits per heavy atom. The minimum absolute atomic E-state index is 0.0422. The molecule has 1 aromatic heterocycles. The van der Waals surface area contributed by atoms with Crippen LogP contribution in [0, 0.1) is 13.8 Å². The van der Waals surface area contributed by atoms with Gasteiger partial charge in [0.05, 0.1) is 12.6 Å². The van der Waals surface area contributed by atoms with Crippen LogP contribution in [0.4, 0.5) is 5.69 Å². The lowest BCUT2D eigenvalue weighted by Crippen LogP contribution is -2.30. The molecule has 106 valence electrons. The number of para-hydroxylation sites is 1. The summed E-state index contributed by atoms with van der Waals surface area (Å²) in [5.74, 6) is -0.0422. The van der Waals surface area contributed by atoms with Gasteiger partial charge in [-0.05, 0) is 32.4 Å². The zero-order chi connectivity index (χ0) is 14.5. The number of aromatic nitrogens is 1. The molecule has 0 spiro atoms. The first-order valence-corrected chi connectivity index (χ1v) is 7.45. The maximum atomic E-state index is 11.9. The topological polar surface area (TPSA) is 54.0 Å². The van der Waals surface area contributed by atoms with Gasteiger partial charge >= 0.3 is 0 Å². The monoisotopic (exact) mass is 289 g/mol. The molecule has 0 aliphatic heterocycles. The van der Waals surface area contributed by atoms with Crippen LogP contribution >= 0.6 is 11.3 Å². The Balaban J connectivity index is 1.85. The normalized spacial score (nSPS) is 12.2. The number of carbonyl (C=O) groups is 1. The molecule has 1 atom stereocenters. The number of rotatable bonds is 5. The number of hydrogen-bond acceptors (Lipinski definition) is 4. The van der Waals surface area contributed by atoms with Crippen LogP contribution in [0.2, 0.25) is 0 Å². The second kappa shape index (κ2) is 6.63. The van der Waals surface area contributed by atoms with E-state index in [1.54, 1.807) is 11.3 Å². The first kappa shape index (κ1) is 14.7. The third-order valence-electron chi connectivity index (χ3n) is 3.00. The van der Waals surface area contributed by atoms with Crippen LogP contribution in [-0.4, -0.2) is 17.4 Å². The van der Waals surface area contributed by atoms with E-state index >= 15 is 0 Å². The molecule has 1 aromatic carbocycles. The van der Waals surface area contributed by atoms with Crippen molar-refractivity contribution < 1.29 is 4.79 Å². The van der Waals surface area contributed by atoms with Crippen LogP contribution in [0.5, 0.6) is 0 Å². The fraction of sp³-hybridized carbons (Fsp3) is 0.333. The van der Waals surface area contributed by atoms with Gasteiger partial charge in [0.1, 0.15) is 5.01 Å². The number of nitrogens with one attached hydrogen (secondary N) is 2. The van der Waals surface area contributed by atoms with Crippen LogP contribution in [-0.2, 0) is 4.79 Å². The van der Waals surface area contributed by atoms with Gasteiger partial charge in [-0.15, -0.1) is 11.3 Å². The van der Waals surface area contributed by atoms with Crippen LogP contribution in [0.15, 0.2) is 29.6 Å². The molecule has 0 radical (unpaired) electrons. The lowest BCUT2D eigenvalue weighted by molar-refractivity contribution is -0.115. The predicted molar refractivity (Wildman–Crippen MR) is 83.1 cm³/mol. The van der Waals surface area contributed by atoms with E-state index < -0.39 is 0 Å². The lowest BCUT2D eigenvalue weighted by atomic mass is 10.2. The van der Waals surface area contributed by atoms with E-state index in [1.807, 2.05) is 50.4 Å². The number of benzene rings is 1. The average molecular weight is 289 g/mol. The number of aryl methyl sites for hydroxylation is 2. The van der Waals surface area contributed by atoms with Crippen LogP contribution < -0.4 is 10.6 Å². The van der Waals surface area contributed by atoms with Gasteiger partial charge in [-0.1, -0.05) is 18.2 Å². The fourth-order valence-electron chi connectivity index (χ4n) is 1.81.